The quantitative estimate of drug-likeness (QED) is 0.0227. The van der Waals surface area contributed by atoms with Crippen molar-refractivity contribution in [1.29, 1.82) is 0 Å². The second-order valence-corrected chi connectivity index (χ2v) is 17.8. The summed E-state index contributed by atoms with van der Waals surface area (Å²) in [5, 5.41) is 5.81. The van der Waals surface area contributed by atoms with E-state index in [0.29, 0.717) is 58.3 Å². The monoisotopic (exact) mass is 897 g/mol. The molecule has 1 saturated heterocycles. The zero-order chi connectivity index (χ0) is 46.0. The zero-order valence-corrected chi connectivity index (χ0v) is 38.9. The van der Waals surface area contributed by atoms with Gasteiger partial charge in [-0.25, -0.2) is 9.46 Å². The van der Waals surface area contributed by atoms with E-state index in [1.807, 2.05) is 67.3 Å². The lowest BCUT2D eigenvalue weighted by Gasteiger charge is -2.36. The number of aromatic amines is 1. The van der Waals surface area contributed by atoms with E-state index in [2.05, 4.69) is 64.8 Å². The molecule has 64 heavy (non-hydrogen) atoms. The summed E-state index contributed by atoms with van der Waals surface area (Å²) in [6.07, 6.45) is 9.56. The van der Waals surface area contributed by atoms with Crippen LogP contribution in [0.15, 0.2) is 75.4 Å². The standard InChI is InChI=1S/C48H64N7O8P/c1-7-49-33-61-64(55(34(2)3)35(4)5)63-42-30-46(62-36(42)6)54-32-40(47(59)52-48(54)60)26-27-44(57)51-29-17-9-8-16-28-50-43(56)22-14-15-23-45(58)53-31-39-20-11-10-18-37(39)24-25-38-19-12-13-21-41(38)53/h10-13,18-21,26-27,32-36,42,46H,7-9,14-17,22-23,28-31H2,1-6H3,(H,50,56)(H,51,57)(H,52,59,60)/b27-26+,49-33+/t36-,42-,46-,64?/m1/s1. The third-order valence-electron chi connectivity index (χ3n) is 10.9. The topological polar surface area (TPSA) is 177 Å². The van der Waals surface area contributed by atoms with Crippen LogP contribution in [0.25, 0.3) is 6.08 Å². The molecule has 2 aromatic carbocycles. The van der Waals surface area contributed by atoms with Crippen LogP contribution in [0.4, 0.5) is 5.69 Å². The molecule has 0 bridgehead atoms. The van der Waals surface area contributed by atoms with Crippen molar-refractivity contribution in [3.63, 3.8) is 0 Å². The molecule has 4 atom stereocenters. The molecular formula is C48H64N7O8P. The van der Waals surface area contributed by atoms with Crippen LogP contribution in [-0.4, -0.2) is 82.3 Å². The number of aromatic nitrogens is 2. The second kappa shape index (κ2) is 25.2. The molecule has 16 heteroatoms. The second-order valence-electron chi connectivity index (χ2n) is 16.4. The number of nitrogens with one attached hydrogen (secondary N) is 3. The number of fused-ring (bicyclic) bond motifs is 2. The molecule has 3 amide bonds. The third-order valence-corrected chi connectivity index (χ3v) is 12.9. The fourth-order valence-electron chi connectivity index (χ4n) is 7.55. The summed E-state index contributed by atoms with van der Waals surface area (Å²) in [6, 6.07) is 15.9. The number of rotatable bonds is 23. The van der Waals surface area contributed by atoms with E-state index in [9.17, 15) is 24.0 Å². The fourth-order valence-corrected chi connectivity index (χ4v) is 9.21. The van der Waals surface area contributed by atoms with Gasteiger partial charge in [0, 0.05) is 74.4 Å². The number of hydrogen-bond acceptors (Lipinski definition) is 10. The minimum Gasteiger partial charge on any atom is -0.425 e. The predicted molar refractivity (Wildman–Crippen MR) is 252 cm³/mol. The van der Waals surface area contributed by atoms with Gasteiger partial charge in [-0.1, -0.05) is 55.0 Å². The number of nitrogens with zero attached hydrogens (tertiary/aromatic N) is 4. The van der Waals surface area contributed by atoms with E-state index in [1.165, 1.54) is 29.3 Å². The van der Waals surface area contributed by atoms with Gasteiger partial charge in [0.2, 0.25) is 17.7 Å². The molecule has 0 aliphatic carbocycles. The number of para-hydroxylation sites is 1. The third kappa shape index (κ3) is 14.6. The lowest BCUT2D eigenvalue weighted by molar-refractivity contribution is -0.122. The van der Waals surface area contributed by atoms with Crippen molar-refractivity contribution in [2.75, 3.05) is 24.5 Å². The van der Waals surface area contributed by atoms with Crippen molar-refractivity contribution in [2.24, 2.45) is 4.99 Å². The summed E-state index contributed by atoms with van der Waals surface area (Å²) in [7, 11) is -1.53. The summed E-state index contributed by atoms with van der Waals surface area (Å²) in [4.78, 5) is 72.5. The van der Waals surface area contributed by atoms with Gasteiger partial charge in [-0.3, -0.25) is 33.7 Å². The number of carbonyl (C=O) groups excluding carboxylic acids is 3. The molecule has 1 fully saturated rings. The van der Waals surface area contributed by atoms with Crippen LogP contribution in [0.3, 0.4) is 0 Å². The molecule has 2 aliphatic rings. The SMILES string of the molecule is CC/N=C/OP(O[C@@H]1C[C@H](n2cc(/C=C/C(=O)NCCCCCCNC(=O)CCCCC(=O)N3Cc4ccccc4C#Cc4ccccc43)c(=O)[nH]c2=O)O[C@@H]1C)N(C(C)C)C(C)C. The Hall–Kier alpha value is -5.39. The lowest BCUT2D eigenvalue weighted by Crippen LogP contribution is -2.35. The Labute approximate surface area is 378 Å². The van der Waals surface area contributed by atoms with Gasteiger partial charge in [-0.2, -0.15) is 0 Å². The van der Waals surface area contributed by atoms with Crippen molar-refractivity contribution >= 4 is 44.4 Å². The van der Waals surface area contributed by atoms with E-state index >= 15 is 0 Å². The molecule has 3 aromatic rings. The van der Waals surface area contributed by atoms with E-state index < -0.39 is 32.1 Å². The number of hydrogen-bond donors (Lipinski definition) is 3. The van der Waals surface area contributed by atoms with E-state index in [0.717, 1.165) is 48.1 Å². The Kier molecular flexibility index (Phi) is 19.5. The molecular weight excluding hydrogens is 834 g/mol. The van der Waals surface area contributed by atoms with Gasteiger partial charge in [0.15, 0.2) is 6.40 Å². The molecule has 3 N–H and O–H groups in total. The van der Waals surface area contributed by atoms with Crippen molar-refractivity contribution in [2.45, 2.75) is 136 Å². The largest absolute Gasteiger partial charge is 0.425 e. The minimum atomic E-state index is -1.53. The highest BCUT2D eigenvalue weighted by Gasteiger charge is 2.40. The van der Waals surface area contributed by atoms with Crippen LogP contribution in [0.2, 0.25) is 0 Å². The number of amides is 3. The van der Waals surface area contributed by atoms with Gasteiger partial charge in [0.1, 0.15) is 6.23 Å². The molecule has 0 spiro atoms. The number of ether oxygens (including phenoxy) is 1. The summed E-state index contributed by atoms with van der Waals surface area (Å²) < 4.78 is 22.1. The number of anilines is 1. The predicted octanol–water partition coefficient (Wildman–Crippen LogP) is 6.95. The number of H-pyrrole nitrogens is 1. The lowest BCUT2D eigenvalue weighted by atomic mass is 10.0. The van der Waals surface area contributed by atoms with Crippen molar-refractivity contribution in [1.82, 2.24) is 24.9 Å². The first-order valence-corrected chi connectivity index (χ1v) is 23.6. The minimum absolute atomic E-state index is 0.0116. The molecule has 1 aromatic heterocycles. The first-order valence-electron chi connectivity index (χ1n) is 22.5. The van der Waals surface area contributed by atoms with Gasteiger partial charge >= 0.3 is 14.2 Å². The molecule has 2 aliphatic heterocycles. The van der Waals surface area contributed by atoms with Gasteiger partial charge < -0.3 is 29.3 Å². The van der Waals surface area contributed by atoms with Gasteiger partial charge in [0.05, 0.1) is 30.0 Å². The van der Waals surface area contributed by atoms with Crippen LogP contribution in [0.5, 0.6) is 0 Å². The highest BCUT2D eigenvalue weighted by atomic mass is 31.2. The highest BCUT2D eigenvalue weighted by molar-refractivity contribution is 7.45. The summed E-state index contributed by atoms with van der Waals surface area (Å²) in [6.45, 7) is 14.1. The Morgan fingerprint density at radius 1 is 0.938 bits per heavy atom. The first-order chi connectivity index (χ1) is 30.9. The van der Waals surface area contributed by atoms with Crippen LogP contribution < -0.4 is 26.8 Å². The molecule has 0 radical (unpaired) electrons. The molecule has 344 valence electrons. The molecule has 1 unspecified atom stereocenters. The van der Waals surface area contributed by atoms with E-state index in [1.54, 1.807) is 0 Å². The number of carbonyl (C=O) groups is 3. The maximum atomic E-state index is 13.4. The summed E-state index contributed by atoms with van der Waals surface area (Å²) in [5.74, 6) is 6.08. The molecule has 5 rings (SSSR count). The van der Waals surface area contributed by atoms with Crippen molar-refractivity contribution < 1.29 is 28.2 Å². The van der Waals surface area contributed by atoms with E-state index in [4.69, 9.17) is 13.8 Å². The number of benzene rings is 2. The van der Waals surface area contributed by atoms with Gasteiger partial charge in [0.25, 0.3) is 5.56 Å². The Bertz CT molecular complexity index is 2270. The average Bonchev–Trinajstić information content (AvgIpc) is 3.62. The Morgan fingerprint density at radius 2 is 1.61 bits per heavy atom. The van der Waals surface area contributed by atoms with Crippen LogP contribution in [0.1, 0.15) is 128 Å². The normalized spacial score (nSPS) is 17.5. The molecule has 15 nitrogen and oxygen atoms in total. The van der Waals surface area contributed by atoms with Crippen LogP contribution in [0, 0.1) is 11.8 Å². The molecule has 0 saturated carbocycles. The highest BCUT2D eigenvalue weighted by Crippen LogP contribution is 2.49. The maximum Gasteiger partial charge on any atom is 0.330 e. The maximum absolute atomic E-state index is 13.4. The zero-order valence-electron chi connectivity index (χ0n) is 38.0. The van der Waals surface area contributed by atoms with E-state index in [-0.39, 0.29) is 41.5 Å². The smallest absolute Gasteiger partial charge is 0.330 e. The first kappa shape index (κ1) is 49.6. The van der Waals surface area contributed by atoms with Crippen molar-refractivity contribution in [3.05, 3.63) is 104 Å². The Balaban J connectivity index is 0.974. The molecule has 3 heterocycles. The van der Waals surface area contributed by atoms with Crippen LogP contribution >= 0.6 is 8.53 Å². The average molecular weight is 898 g/mol. The van der Waals surface area contributed by atoms with Gasteiger partial charge in [-0.05, 0) is 97.1 Å². The van der Waals surface area contributed by atoms with Gasteiger partial charge in [-0.15, -0.1) is 0 Å². The Morgan fingerprint density at radius 3 is 2.34 bits per heavy atom. The van der Waals surface area contributed by atoms with Crippen molar-refractivity contribution in [3.8, 4) is 11.8 Å². The summed E-state index contributed by atoms with van der Waals surface area (Å²) in [5.41, 5.74) is 2.45. The fraction of sp³-hybridized carbons (Fsp3) is 0.500. The number of aliphatic imine (C=N–C) groups is 1. The number of unbranched alkanes of at least 4 members (excludes halogenated alkanes) is 4. The summed E-state index contributed by atoms with van der Waals surface area (Å²) >= 11 is 0. The van der Waals surface area contributed by atoms with Crippen LogP contribution in [-0.2, 0) is 34.7 Å².